The lowest BCUT2D eigenvalue weighted by Gasteiger charge is -2.11. The second-order valence-corrected chi connectivity index (χ2v) is 7.52. The Kier molecular flexibility index (Phi) is 5.40. The van der Waals surface area contributed by atoms with E-state index in [9.17, 15) is 18.8 Å². The molecule has 0 aliphatic carbocycles. The Morgan fingerprint density at radius 2 is 1.62 bits per heavy atom. The van der Waals surface area contributed by atoms with Gasteiger partial charge < -0.3 is 4.57 Å². The molecular weight excluding hydrogens is 413 g/mol. The molecule has 8 nitrogen and oxygen atoms in total. The third kappa shape index (κ3) is 3.68. The Bertz CT molecular complexity index is 1400. The van der Waals surface area contributed by atoms with Gasteiger partial charge in [-0.3, -0.25) is 29.6 Å². The molecule has 0 spiro atoms. The number of para-hydroxylation sites is 2. The molecule has 0 saturated heterocycles. The summed E-state index contributed by atoms with van der Waals surface area (Å²) in [6, 6.07) is 14.8. The minimum Gasteiger partial charge on any atom is -0.318 e. The highest BCUT2D eigenvalue weighted by Crippen LogP contribution is 2.21. The van der Waals surface area contributed by atoms with Crippen molar-refractivity contribution in [3.05, 3.63) is 87.9 Å². The van der Waals surface area contributed by atoms with Crippen molar-refractivity contribution in [2.75, 3.05) is 0 Å². The van der Waals surface area contributed by atoms with Crippen LogP contribution in [0.5, 0.6) is 0 Å². The van der Waals surface area contributed by atoms with Crippen LogP contribution in [0.3, 0.4) is 0 Å². The molecule has 2 N–H and O–H groups in total. The highest BCUT2D eigenvalue weighted by Gasteiger charge is 2.18. The highest BCUT2D eigenvalue weighted by atomic mass is 19.1. The van der Waals surface area contributed by atoms with Gasteiger partial charge in [-0.2, -0.15) is 0 Å². The van der Waals surface area contributed by atoms with Gasteiger partial charge in [0.05, 0.1) is 16.6 Å². The van der Waals surface area contributed by atoms with Gasteiger partial charge in [0.25, 0.3) is 11.8 Å². The molecule has 0 radical (unpaired) electrons. The Labute approximate surface area is 182 Å². The maximum absolute atomic E-state index is 13.2. The number of nitrogens with zero attached hydrogens (tertiary/aromatic N) is 3. The van der Waals surface area contributed by atoms with E-state index in [-0.39, 0.29) is 18.1 Å². The van der Waals surface area contributed by atoms with Crippen LogP contribution in [0.15, 0.2) is 59.4 Å². The molecule has 9 heteroatoms. The number of hydrogen-bond donors (Lipinski definition) is 2. The van der Waals surface area contributed by atoms with Gasteiger partial charge in [0.15, 0.2) is 0 Å². The third-order valence-corrected chi connectivity index (χ3v) is 5.43. The number of benzene rings is 2. The number of halogens is 1. The van der Waals surface area contributed by atoms with Crippen LogP contribution in [0.25, 0.3) is 16.7 Å². The van der Waals surface area contributed by atoms with E-state index in [1.165, 1.54) is 21.3 Å². The number of carbonyl (C=O) groups is 2. The first-order valence-corrected chi connectivity index (χ1v) is 9.96. The number of aryl methyl sites for hydroxylation is 2. The van der Waals surface area contributed by atoms with Gasteiger partial charge in [0.2, 0.25) is 0 Å². The topological polar surface area (TPSA) is 90.1 Å². The van der Waals surface area contributed by atoms with E-state index in [1.54, 1.807) is 50.4 Å². The quantitative estimate of drug-likeness (QED) is 0.482. The van der Waals surface area contributed by atoms with Crippen LogP contribution in [0.4, 0.5) is 4.39 Å². The van der Waals surface area contributed by atoms with Crippen molar-refractivity contribution in [2.45, 2.75) is 20.4 Å². The lowest BCUT2D eigenvalue weighted by molar-refractivity contribution is -0.122. The standard InChI is InChI=1S/C23H22FN5O3/c1-14-12-18(15(2)29(14)17-10-8-16(24)9-11-17)22(31)26-25-21(30)13-28-20-7-5-4-6-19(20)27(3)23(28)32/h4-12H,13H2,1-3H3,(H,25,30)(H,26,31). The van der Waals surface area contributed by atoms with Crippen molar-refractivity contribution >= 4 is 22.8 Å². The number of imidazole rings is 1. The minimum atomic E-state index is -0.538. The number of fused-ring (bicyclic) bond motifs is 1. The lowest BCUT2D eigenvalue weighted by Crippen LogP contribution is -2.44. The van der Waals surface area contributed by atoms with Gasteiger partial charge in [-0.15, -0.1) is 0 Å². The van der Waals surface area contributed by atoms with E-state index < -0.39 is 11.8 Å². The molecule has 0 saturated carbocycles. The number of carbonyl (C=O) groups excluding carboxylic acids is 2. The summed E-state index contributed by atoms with van der Waals surface area (Å²) in [5.74, 6) is -1.38. The number of rotatable bonds is 4. The van der Waals surface area contributed by atoms with E-state index in [2.05, 4.69) is 10.9 Å². The van der Waals surface area contributed by atoms with E-state index in [0.717, 1.165) is 11.4 Å². The van der Waals surface area contributed by atoms with Gasteiger partial charge >= 0.3 is 5.69 Å². The van der Waals surface area contributed by atoms with E-state index >= 15 is 0 Å². The third-order valence-electron chi connectivity index (χ3n) is 5.43. The van der Waals surface area contributed by atoms with E-state index in [4.69, 9.17) is 0 Å². The van der Waals surface area contributed by atoms with Crippen LogP contribution in [-0.2, 0) is 18.4 Å². The zero-order valence-corrected chi connectivity index (χ0v) is 17.8. The first kappa shape index (κ1) is 21.1. The summed E-state index contributed by atoms with van der Waals surface area (Å²) in [5.41, 5.74) is 8.31. The van der Waals surface area contributed by atoms with Gasteiger partial charge in [-0.1, -0.05) is 12.1 Å². The number of hydrogen-bond acceptors (Lipinski definition) is 3. The fourth-order valence-corrected chi connectivity index (χ4v) is 3.87. The van der Waals surface area contributed by atoms with E-state index in [0.29, 0.717) is 22.3 Å². The monoisotopic (exact) mass is 435 g/mol. The molecule has 164 valence electrons. The molecular formula is C23H22FN5O3. The molecule has 32 heavy (non-hydrogen) atoms. The fraction of sp³-hybridized carbons (Fsp3) is 0.174. The molecule has 0 atom stereocenters. The number of aromatic nitrogens is 3. The van der Waals surface area contributed by atoms with Crippen LogP contribution in [0.2, 0.25) is 0 Å². The van der Waals surface area contributed by atoms with Crippen molar-refractivity contribution in [3.63, 3.8) is 0 Å². The van der Waals surface area contributed by atoms with Crippen molar-refractivity contribution in [1.29, 1.82) is 0 Å². The maximum atomic E-state index is 13.2. The highest BCUT2D eigenvalue weighted by molar-refractivity contribution is 5.97. The van der Waals surface area contributed by atoms with Gasteiger partial charge in [-0.25, -0.2) is 9.18 Å². The zero-order valence-electron chi connectivity index (χ0n) is 17.8. The lowest BCUT2D eigenvalue weighted by atomic mass is 10.2. The maximum Gasteiger partial charge on any atom is 0.329 e. The Morgan fingerprint density at radius 1 is 0.969 bits per heavy atom. The van der Waals surface area contributed by atoms with Crippen LogP contribution in [0.1, 0.15) is 21.7 Å². The van der Waals surface area contributed by atoms with Crippen LogP contribution in [-0.4, -0.2) is 25.5 Å². The van der Waals surface area contributed by atoms with Crippen molar-refractivity contribution < 1.29 is 14.0 Å². The first-order chi connectivity index (χ1) is 15.3. The van der Waals surface area contributed by atoms with Crippen LogP contribution >= 0.6 is 0 Å². The summed E-state index contributed by atoms with van der Waals surface area (Å²) >= 11 is 0. The largest absolute Gasteiger partial charge is 0.329 e. The zero-order chi connectivity index (χ0) is 23.0. The number of hydrazine groups is 1. The summed E-state index contributed by atoms with van der Waals surface area (Å²) in [6.07, 6.45) is 0. The molecule has 0 unspecified atom stereocenters. The molecule has 2 heterocycles. The summed E-state index contributed by atoms with van der Waals surface area (Å²) in [6.45, 7) is 3.36. The van der Waals surface area contributed by atoms with Gasteiger partial charge in [0, 0.05) is 24.1 Å². The molecule has 4 aromatic rings. The normalized spacial score (nSPS) is 11.0. The predicted octanol–water partition coefficient (Wildman–Crippen LogP) is 2.35. The van der Waals surface area contributed by atoms with Crippen LogP contribution in [0, 0.1) is 19.7 Å². The SMILES string of the molecule is Cc1cc(C(=O)NNC(=O)Cn2c(=O)n(C)c3ccccc32)c(C)n1-c1ccc(F)cc1. The predicted molar refractivity (Wildman–Crippen MR) is 118 cm³/mol. The average Bonchev–Trinajstić information content (AvgIpc) is 3.21. The second kappa shape index (κ2) is 8.18. The van der Waals surface area contributed by atoms with E-state index in [1.807, 2.05) is 17.6 Å². The van der Waals surface area contributed by atoms with Gasteiger partial charge in [0.1, 0.15) is 12.4 Å². The molecule has 0 aliphatic rings. The smallest absolute Gasteiger partial charge is 0.318 e. The summed E-state index contributed by atoms with van der Waals surface area (Å²) < 4.78 is 17.9. The van der Waals surface area contributed by atoms with Crippen molar-refractivity contribution in [3.8, 4) is 5.69 Å². The molecule has 2 aromatic heterocycles. The number of amides is 2. The summed E-state index contributed by atoms with van der Waals surface area (Å²) in [5, 5.41) is 0. The Balaban J connectivity index is 1.48. The average molecular weight is 435 g/mol. The molecule has 2 aromatic carbocycles. The van der Waals surface area contributed by atoms with Crippen LogP contribution < -0.4 is 16.5 Å². The molecule has 2 amide bonds. The minimum absolute atomic E-state index is 0.241. The fourth-order valence-electron chi connectivity index (χ4n) is 3.87. The Hall–Kier alpha value is -4.14. The summed E-state index contributed by atoms with van der Waals surface area (Å²) in [7, 11) is 1.64. The second-order valence-electron chi connectivity index (χ2n) is 7.52. The molecule has 0 bridgehead atoms. The molecule has 0 fully saturated rings. The Morgan fingerprint density at radius 3 is 2.31 bits per heavy atom. The van der Waals surface area contributed by atoms with Crippen molar-refractivity contribution in [2.24, 2.45) is 7.05 Å². The molecule has 0 aliphatic heterocycles. The summed E-state index contributed by atoms with van der Waals surface area (Å²) in [4.78, 5) is 37.6. The van der Waals surface area contributed by atoms with Gasteiger partial charge in [-0.05, 0) is 56.3 Å². The molecule has 4 rings (SSSR count). The van der Waals surface area contributed by atoms with Crippen molar-refractivity contribution in [1.82, 2.24) is 24.6 Å². The first-order valence-electron chi connectivity index (χ1n) is 9.96. The number of nitrogens with one attached hydrogen (secondary N) is 2.